The number of nitrogens with one attached hydrogen (secondary N) is 1. The smallest absolute Gasteiger partial charge is 0.383 e. The number of phosphoric acid groups is 1. The largest absolute Gasteiger partial charge is 0.472 e. The minimum atomic E-state index is -5.27. The summed E-state index contributed by atoms with van der Waals surface area (Å²) in [5.74, 6) is -0.0728. The van der Waals surface area contributed by atoms with Gasteiger partial charge < -0.3 is 40.0 Å². The van der Waals surface area contributed by atoms with Crippen molar-refractivity contribution in [1.29, 1.82) is 0 Å². The molecule has 0 radical (unpaired) electrons. The zero-order valence-corrected chi connectivity index (χ0v) is 25.6. The van der Waals surface area contributed by atoms with E-state index in [0.29, 0.717) is 15.8 Å². The second-order valence-corrected chi connectivity index (χ2v) is 14.8. The van der Waals surface area contributed by atoms with Crippen molar-refractivity contribution in [2.24, 2.45) is 0 Å². The monoisotopic (exact) mass is 690 g/mol. The number of phosphoric ester groups is 1. The summed E-state index contributed by atoms with van der Waals surface area (Å²) in [5.41, 5.74) is 11.1. The molecule has 7 N–H and O–H groups in total. The van der Waals surface area contributed by atoms with Crippen molar-refractivity contribution in [3.63, 3.8) is 0 Å². The molecule has 0 amide bonds. The molecule has 3 aliphatic rings. The normalized spacial score (nSPS) is 37.4. The minimum absolute atomic E-state index is 0.0677. The summed E-state index contributed by atoms with van der Waals surface area (Å²) in [4.78, 5) is 53.1. The van der Waals surface area contributed by atoms with Crippen molar-refractivity contribution < 1.29 is 51.1 Å². The van der Waals surface area contributed by atoms with Gasteiger partial charge in [-0.05, 0) is 0 Å². The molecule has 4 aromatic heterocycles. The van der Waals surface area contributed by atoms with Gasteiger partial charge in [-0.2, -0.15) is 4.98 Å². The number of H-pyrrole nitrogens is 1. The van der Waals surface area contributed by atoms with Crippen LogP contribution in [-0.2, 0) is 36.9 Å². The van der Waals surface area contributed by atoms with E-state index in [2.05, 4.69) is 24.9 Å². The first-order chi connectivity index (χ1) is 21.3. The number of methoxy groups -OCH3 is 1. The molecule has 0 aliphatic carbocycles. The number of anilines is 2. The number of nitrogens with zero attached hydrogens (tertiary/aromatic N) is 5. The molecule has 19 nitrogen and oxygen atoms in total. The van der Waals surface area contributed by atoms with Gasteiger partial charge in [0.25, 0.3) is 5.56 Å². The summed E-state index contributed by atoms with van der Waals surface area (Å²) in [7, 11) is -9.15. The van der Waals surface area contributed by atoms with Gasteiger partial charge in [-0.15, -0.1) is 11.3 Å². The van der Waals surface area contributed by atoms with Gasteiger partial charge in [0.2, 0.25) is 11.4 Å². The maximum absolute atomic E-state index is 16.8. The molecule has 2 bridgehead atoms. The molecule has 0 aromatic carbocycles. The van der Waals surface area contributed by atoms with Gasteiger partial charge in [0.15, 0.2) is 17.4 Å². The summed E-state index contributed by atoms with van der Waals surface area (Å²) in [5, 5.41) is -0.997. The Labute approximate surface area is 254 Å². The van der Waals surface area contributed by atoms with Gasteiger partial charge in [-0.3, -0.25) is 28.0 Å². The average molecular weight is 690 g/mol. The number of fused-ring (bicyclic) bond motifs is 5. The van der Waals surface area contributed by atoms with Crippen molar-refractivity contribution in [1.82, 2.24) is 29.5 Å². The van der Waals surface area contributed by atoms with E-state index < -0.39 is 82.8 Å². The lowest BCUT2D eigenvalue weighted by atomic mass is 10.1. The molecule has 45 heavy (non-hydrogen) atoms. The number of hydrogen-bond acceptors (Lipinski definition) is 16. The second kappa shape index (κ2) is 10.8. The predicted molar refractivity (Wildman–Crippen MR) is 152 cm³/mol. The number of rotatable bonds is 3. The van der Waals surface area contributed by atoms with Gasteiger partial charge in [0.05, 0.1) is 41.4 Å². The second-order valence-electron chi connectivity index (χ2n) is 10.4. The highest BCUT2D eigenvalue weighted by molar-refractivity contribution is 7.54. The van der Waals surface area contributed by atoms with E-state index in [-0.39, 0.29) is 22.9 Å². The molecule has 3 fully saturated rings. The van der Waals surface area contributed by atoms with Crippen molar-refractivity contribution in [2.75, 3.05) is 31.8 Å². The summed E-state index contributed by atoms with van der Waals surface area (Å²) < 4.78 is 78.3. The van der Waals surface area contributed by atoms with Crippen LogP contribution in [0.15, 0.2) is 22.8 Å². The number of nitrogen functional groups attached to an aromatic ring is 2. The highest BCUT2D eigenvalue weighted by Crippen LogP contribution is 2.67. The fourth-order valence-electron chi connectivity index (χ4n) is 5.71. The lowest BCUT2D eigenvalue weighted by Crippen LogP contribution is -2.41. The zero-order chi connectivity index (χ0) is 31.9. The molecule has 9 atom stereocenters. The molecule has 7 heterocycles. The van der Waals surface area contributed by atoms with Gasteiger partial charge in [-0.25, -0.2) is 23.9 Å². The Morgan fingerprint density at radius 3 is 2.76 bits per heavy atom. The summed E-state index contributed by atoms with van der Waals surface area (Å²) in [6.07, 6.45) is -6.67. The molecule has 3 saturated heterocycles. The van der Waals surface area contributed by atoms with E-state index in [9.17, 15) is 23.7 Å². The molecule has 23 heteroatoms. The van der Waals surface area contributed by atoms with Gasteiger partial charge in [-0.1, -0.05) is 0 Å². The van der Waals surface area contributed by atoms with Crippen LogP contribution in [0.25, 0.3) is 22.1 Å². The van der Waals surface area contributed by atoms with Crippen LogP contribution < -0.4 is 17.0 Å². The lowest BCUT2D eigenvalue weighted by Gasteiger charge is -2.32. The van der Waals surface area contributed by atoms with E-state index in [0.717, 1.165) is 17.7 Å². The van der Waals surface area contributed by atoms with Gasteiger partial charge in [0.1, 0.15) is 36.6 Å². The van der Waals surface area contributed by atoms with Gasteiger partial charge >= 0.3 is 15.4 Å². The Morgan fingerprint density at radius 1 is 1.18 bits per heavy atom. The van der Waals surface area contributed by atoms with Gasteiger partial charge in [0, 0.05) is 18.9 Å². The Balaban J connectivity index is 1.24. The third kappa shape index (κ3) is 4.99. The summed E-state index contributed by atoms with van der Waals surface area (Å²) in [6.45, 7) is -1.72. The van der Waals surface area contributed by atoms with Crippen LogP contribution in [-0.4, -0.2) is 89.4 Å². The number of thiophene rings is 1. The highest BCUT2D eigenvalue weighted by atomic mass is 32.1. The molecule has 4 aromatic rings. The van der Waals surface area contributed by atoms with E-state index >= 15 is 4.39 Å². The number of alkyl halides is 1. The number of aromatic amines is 1. The van der Waals surface area contributed by atoms with Crippen LogP contribution in [0.4, 0.5) is 16.2 Å². The minimum Gasteiger partial charge on any atom is -0.383 e. The SMILES string of the molecule is CO[C@H]1[C@H]2OP(=O)(O)OC[C@H]3O[C@@H](c4scc5c(N)ncnc45)C[C@@]3(F)P(=O)(O)OC[C@H]1O[C@H]2n1cnc2c(=O)[nH]c(N)nc21. The number of ether oxygens (including phenoxy) is 3. The number of aromatic nitrogens is 6. The van der Waals surface area contributed by atoms with Crippen LogP contribution in [0.2, 0.25) is 0 Å². The van der Waals surface area contributed by atoms with Crippen molar-refractivity contribution >= 4 is 60.6 Å². The van der Waals surface area contributed by atoms with E-state index in [4.69, 9.17) is 39.2 Å². The topological polar surface area (TPSA) is 271 Å². The average Bonchev–Trinajstić information content (AvgIpc) is 3.74. The molecular formula is C22H25FN8O11P2S. The fourth-order valence-corrected chi connectivity index (χ4v) is 9.13. The van der Waals surface area contributed by atoms with Crippen LogP contribution in [0, 0.1) is 0 Å². The Bertz CT molecular complexity index is 1960. The molecule has 0 spiro atoms. The van der Waals surface area contributed by atoms with Crippen LogP contribution >= 0.6 is 26.8 Å². The number of hydrogen-bond donors (Lipinski definition) is 5. The summed E-state index contributed by atoms with van der Waals surface area (Å²) in [6, 6.07) is 0. The first-order valence-corrected chi connectivity index (χ1v) is 17.1. The lowest BCUT2D eigenvalue weighted by molar-refractivity contribution is -0.0525. The van der Waals surface area contributed by atoms with E-state index in [1.54, 1.807) is 5.38 Å². The quantitative estimate of drug-likeness (QED) is 0.188. The first-order valence-electron chi connectivity index (χ1n) is 13.2. The molecule has 3 aliphatic heterocycles. The molecular weight excluding hydrogens is 665 g/mol. The fraction of sp³-hybridized carbons (Fsp3) is 0.500. The Morgan fingerprint density at radius 2 is 1.98 bits per heavy atom. The molecule has 7 rings (SSSR count). The standard InChI is InChI=1S/C22H25FN8O11P2S/c1-37-14-10-3-38-43(33,34)22(23)2-9(16-12-8(5-45-16)17(24)27-6-26-12)40-11(22)4-39-44(35,36)42-15(14)20(41-10)31-7-28-13-18(31)29-21(25)30-19(13)32/h5-7,9-11,14-15,20H,2-4H2,1H3,(H,33,34)(H,35,36)(H2,24,26,27)(H3,25,29,30,32)/t9-,10-,11-,14-,15-,20-,22-/m1/s1. The van der Waals surface area contributed by atoms with Crippen LogP contribution in [0.1, 0.15) is 23.6 Å². The maximum atomic E-state index is 16.8. The zero-order valence-electron chi connectivity index (χ0n) is 23.0. The molecule has 242 valence electrons. The molecule has 0 saturated carbocycles. The third-order valence-corrected chi connectivity index (χ3v) is 11.8. The Hall–Kier alpha value is -2.94. The number of imidazole rings is 1. The van der Waals surface area contributed by atoms with Crippen LogP contribution in [0.3, 0.4) is 0 Å². The number of halogens is 1. The van der Waals surface area contributed by atoms with E-state index in [1.165, 1.54) is 18.0 Å². The van der Waals surface area contributed by atoms with Crippen molar-refractivity contribution in [2.45, 2.75) is 48.6 Å². The molecule has 2 unspecified atom stereocenters. The van der Waals surface area contributed by atoms with Crippen molar-refractivity contribution in [3.05, 3.63) is 33.3 Å². The first kappa shape index (κ1) is 30.7. The third-order valence-electron chi connectivity index (χ3n) is 7.85. The van der Waals surface area contributed by atoms with Crippen LogP contribution in [0.5, 0.6) is 0 Å². The maximum Gasteiger partial charge on any atom is 0.472 e. The summed E-state index contributed by atoms with van der Waals surface area (Å²) >= 11 is 1.12. The van der Waals surface area contributed by atoms with E-state index in [1.807, 2.05) is 0 Å². The number of nitrogens with two attached hydrogens (primary N) is 2. The predicted octanol–water partition coefficient (Wildman–Crippen LogP) is 1.11. The Kier molecular flexibility index (Phi) is 7.38. The van der Waals surface area contributed by atoms with Crippen molar-refractivity contribution in [3.8, 4) is 0 Å². The highest BCUT2D eigenvalue weighted by Gasteiger charge is 2.64.